The van der Waals surface area contributed by atoms with E-state index in [0.717, 1.165) is 12.1 Å². The molecule has 1 aliphatic rings. The molecule has 1 N–H and O–H groups in total. The number of ether oxygens (including phenoxy) is 1. The molecule has 8 heteroatoms. The van der Waals surface area contributed by atoms with E-state index in [2.05, 4.69) is 32.6 Å². The quantitative estimate of drug-likeness (QED) is 0.666. The lowest BCUT2D eigenvalue weighted by Crippen LogP contribution is -2.26. The summed E-state index contributed by atoms with van der Waals surface area (Å²) in [6.07, 6.45) is 2.47. The number of aliphatic imine (C=N–C) groups is 1. The average Bonchev–Trinajstić information content (AvgIpc) is 3.02. The molecule has 1 aliphatic heterocycles. The fraction of sp³-hybridized carbons (Fsp3) is 0.571. The second-order valence-electron chi connectivity index (χ2n) is 5.53. The molecule has 22 heavy (non-hydrogen) atoms. The van der Waals surface area contributed by atoms with Crippen LogP contribution in [-0.4, -0.2) is 47.8 Å². The highest BCUT2D eigenvalue weighted by Gasteiger charge is 2.42. The molecule has 118 valence electrons. The van der Waals surface area contributed by atoms with Gasteiger partial charge >= 0.3 is 0 Å². The highest BCUT2D eigenvalue weighted by Crippen LogP contribution is 2.36. The van der Waals surface area contributed by atoms with E-state index in [-0.39, 0.29) is 11.4 Å². The third-order valence-corrected chi connectivity index (χ3v) is 4.32. The Morgan fingerprint density at radius 3 is 2.82 bits per heavy atom. The van der Waals surface area contributed by atoms with Crippen molar-refractivity contribution in [1.82, 2.24) is 19.5 Å². The normalized spacial score (nSPS) is 28.2. The molecule has 0 aromatic carbocycles. The second-order valence-corrected chi connectivity index (χ2v) is 6.13. The summed E-state index contributed by atoms with van der Waals surface area (Å²) < 4.78 is 7.64. The SMILES string of the molecule is CC[C@H]1O[C@@H](n2cnc3c(N=C(C)C)ncnc32)[C@H](O)[C@@H]1S. The lowest BCUT2D eigenvalue weighted by atomic mass is 10.1. The lowest BCUT2D eigenvalue weighted by Gasteiger charge is -2.16. The Balaban J connectivity index is 2.05. The van der Waals surface area contributed by atoms with Gasteiger partial charge in [0.2, 0.25) is 0 Å². The van der Waals surface area contributed by atoms with Crippen LogP contribution in [0.3, 0.4) is 0 Å². The van der Waals surface area contributed by atoms with Gasteiger partial charge < -0.3 is 9.84 Å². The van der Waals surface area contributed by atoms with Crippen molar-refractivity contribution in [1.29, 1.82) is 0 Å². The van der Waals surface area contributed by atoms with E-state index in [0.29, 0.717) is 17.0 Å². The first-order chi connectivity index (χ1) is 10.5. The summed E-state index contributed by atoms with van der Waals surface area (Å²) in [6, 6.07) is 0. The molecule has 7 nitrogen and oxygen atoms in total. The number of thiol groups is 1. The van der Waals surface area contributed by atoms with E-state index in [1.165, 1.54) is 6.33 Å². The van der Waals surface area contributed by atoms with Crippen molar-refractivity contribution in [2.45, 2.75) is 50.9 Å². The zero-order valence-corrected chi connectivity index (χ0v) is 13.6. The zero-order chi connectivity index (χ0) is 15.9. The number of aromatic nitrogens is 4. The maximum atomic E-state index is 10.4. The number of rotatable bonds is 3. The van der Waals surface area contributed by atoms with Crippen molar-refractivity contribution in [3.05, 3.63) is 12.7 Å². The van der Waals surface area contributed by atoms with E-state index in [4.69, 9.17) is 4.74 Å². The summed E-state index contributed by atoms with van der Waals surface area (Å²) in [5.74, 6) is 0.519. The maximum Gasteiger partial charge on any atom is 0.183 e. The molecule has 4 atom stereocenters. The largest absolute Gasteiger partial charge is 0.387 e. The monoisotopic (exact) mass is 321 g/mol. The molecule has 2 aromatic heterocycles. The van der Waals surface area contributed by atoms with Crippen molar-refractivity contribution < 1.29 is 9.84 Å². The Bertz CT molecular complexity index is 712. The van der Waals surface area contributed by atoms with Crippen molar-refractivity contribution in [2.24, 2.45) is 4.99 Å². The highest BCUT2D eigenvalue weighted by molar-refractivity contribution is 7.81. The maximum absolute atomic E-state index is 10.4. The van der Waals surface area contributed by atoms with Crippen LogP contribution < -0.4 is 0 Å². The van der Waals surface area contributed by atoms with Crippen LogP contribution in [0.1, 0.15) is 33.4 Å². The fourth-order valence-corrected chi connectivity index (χ4v) is 3.04. The average molecular weight is 321 g/mol. The number of fused-ring (bicyclic) bond motifs is 1. The van der Waals surface area contributed by atoms with Gasteiger partial charge in [-0.25, -0.2) is 19.9 Å². The molecule has 2 aromatic rings. The van der Waals surface area contributed by atoms with Crippen molar-refractivity contribution >= 4 is 35.3 Å². The molecule has 0 radical (unpaired) electrons. The number of nitrogens with zero attached hydrogens (tertiary/aromatic N) is 5. The molecule has 0 spiro atoms. The van der Waals surface area contributed by atoms with Crippen molar-refractivity contribution in [3.8, 4) is 0 Å². The number of aliphatic hydroxyl groups excluding tert-OH is 1. The minimum atomic E-state index is -0.722. The molecule has 3 rings (SSSR count). The molecule has 3 heterocycles. The van der Waals surface area contributed by atoms with E-state index in [1.54, 1.807) is 10.9 Å². The van der Waals surface area contributed by atoms with E-state index in [9.17, 15) is 5.11 Å². The fourth-order valence-electron chi connectivity index (χ4n) is 2.62. The lowest BCUT2D eigenvalue weighted by molar-refractivity contribution is -0.0355. The zero-order valence-electron chi connectivity index (χ0n) is 12.7. The molecule has 0 aliphatic carbocycles. The summed E-state index contributed by atoms with van der Waals surface area (Å²) in [7, 11) is 0. The minimum Gasteiger partial charge on any atom is -0.387 e. The minimum absolute atomic E-state index is 0.0991. The Hall–Kier alpha value is -1.51. The third kappa shape index (κ3) is 2.51. The van der Waals surface area contributed by atoms with Crippen LogP contribution >= 0.6 is 12.6 Å². The Labute approximate surface area is 133 Å². The molecule has 0 unspecified atom stereocenters. The summed E-state index contributed by atoms with van der Waals surface area (Å²) >= 11 is 4.45. The molecular weight excluding hydrogens is 302 g/mol. The molecule has 1 saturated heterocycles. The standard InChI is InChI=1S/C14H19N5O2S/c1-4-8-11(22)10(20)14(21-8)19-6-17-9-12(18-7(2)3)15-5-16-13(9)19/h5-6,8,10-11,14,20,22H,4H2,1-3H3/t8-,10-,11-,14-/m1/s1. The number of imidazole rings is 1. The van der Waals surface area contributed by atoms with Gasteiger partial charge in [-0.2, -0.15) is 12.6 Å². The van der Waals surface area contributed by atoms with Gasteiger partial charge in [0.05, 0.1) is 17.7 Å². The number of hydrogen-bond acceptors (Lipinski definition) is 7. The van der Waals surface area contributed by atoms with E-state index in [1.807, 2.05) is 20.8 Å². The summed E-state index contributed by atoms with van der Waals surface area (Å²) in [5.41, 5.74) is 2.07. The number of hydrogen-bond donors (Lipinski definition) is 2. The molecule has 1 fully saturated rings. The van der Waals surface area contributed by atoms with Crippen LogP contribution in [0, 0.1) is 0 Å². The van der Waals surface area contributed by atoms with Crippen molar-refractivity contribution in [2.75, 3.05) is 0 Å². The smallest absolute Gasteiger partial charge is 0.183 e. The third-order valence-electron chi connectivity index (χ3n) is 3.68. The van der Waals surface area contributed by atoms with Crippen LogP contribution in [0.15, 0.2) is 17.6 Å². The Morgan fingerprint density at radius 1 is 1.41 bits per heavy atom. The van der Waals surface area contributed by atoms with Gasteiger partial charge in [-0.1, -0.05) is 6.92 Å². The Morgan fingerprint density at radius 2 is 2.18 bits per heavy atom. The first-order valence-electron chi connectivity index (χ1n) is 7.24. The predicted molar refractivity (Wildman–Crippen MR) is 86.7 cm³/mol. The summed E-state index contributed by atoms with van der Waals surface area (Å²) in [6.45, 7) is 5.80. The van der Waals surface area contributed by atoms with Crippen molar-refractivity contribution in [3.63, 3.8) is 0 Å². The Kier molecular flexibility index (Phi) is 4.16. The molecule has 0 bridgehead atoms. The van der Waals surface area contributed by atoms with E-state index < -0.39 is 12.3 Å². The first kappa shape index (κ1) is 15.4. The van der Waals surface area contributed by atoms with Gasteiger partial charge in [0, 0.05) is 5.71 Å². The van der Waals surface area contributed by atoms with Crippen LogP contribution in [0.5, 0.6) is 0 Å². The summed E-state index contributed by atoms with van der Waals surface area (Å²) in [5, 5.41) is 10.2. The summed E-state index contributed by atoms with van der Waals surface area (Å²) in [4.78, 5) is 17.1. The van der Waals surface area contributed by atoms with Crippen LogP contribution in [0.2, 0.25) is 0 Å². The topological polar surface area (TPSA) is 85.4 Å². The van der Waals surface area contributed by atoms with Crippen LogP contribution in [0.4, 0.5) is 5.82 Å². The van der Waals surface area contributed by atoms with Gasteiger partial charge in [0.15, 0.2) is 23.2 Å². The molecule has 0 saturated carbocycles. The van der Waals surface area contributed by atoms with Gasteiger partial charge in [0.25, 0.3) is 0 Å². The van der Waals surface area contributed by atoms with Gasteiger partial charge in [-0.15, -0.1) is 0 Å². The highest BCUT2D eigenvalue weighted by atomic mass is 32.1. The second kappa shape index (κ2) is 5.94. The molecular formula is C14H19N5O2S. The van der Waals surface area contributed by atoms with Crippen LogP contribution in [-0.2, 0) is 4.74 Å². The first-order valence-corrected chi connectivity index (χ1v) is 7.75. The van der Waals surface area contributed by atoms with E-state index >= 15 is 0 Å². The van der Waals surface area contributed by atoms with Gasteiger partial charge in [-0.3, -0.25) is 4.57 Å². The predicted octanol–water partition coefficient (Wildman–Crippen LogP) is 1.91. The van der Waals surface area contributed by atoms with Gasteiger partial charge in [-0.05, 0) is 20.3 Å². The van der Waals surface area contributed by atoms with Crippen LogP contribution in [0.25, 0.3) is 11.2 Å². The van der Waals surface area contributed by atoms with Gasteiger partial charge in [0.1, 0.15) is 12.4 Å². The molecule has 0 amide bonds. The number of aliphatic hydroxyl groups is 1.